The normalized spacial score (nSPS) is 12.1. The minimum Gasteiger partial charge on any atom is -0.0622 e. The van der Waals surface area contributed by atoms with Crippen molar-refractivity contribution in [2.24, 2.45) is 0 Å². The summed E-state index contributed by atoms with van der Waals surface area (Å²) in [4.78, 5) is 0. The second-order valence-corrected chi connectivity index (χ2v) is 3.57. The maximum Gasteiger partial charge on any atom is -0.0155 e. The molecule has 0 fully saturated rings. The first-order valence-corrected chi connectivity index (χ1v) is 5.15. The van der Waals surface area contributed by atoms with E-state index in [2.05, 4.69) is 61.5 Å². The summed E-state index contributed by atoms with van der Waals surface area (Å²) in [5.74, 6) is 0. The lowest BCUT2D eigenvalue weighted by Crippen LogP contribution is -1.75. The zero-order valence-electron chi connectivity index (χ0n) is 8.85. The summed E-state index contributed by atoms with van der Waals surface area (Å²) in [6, 6.07) is 23.0. The van der Waals surface area contributed by atoms with Gasteiger partial charge in [0, 0.05) is 0 Å². The van der Waals surface area contributed by atoms with E-state index in [1.807, 2.05) is 12.1 Å². The van der Waals surface area contributed by atoms with E-state index in [1.165, 1.54) is 16.0 Å². The van der Waals surface area contributed by atoms with E-state index < -0.39 is 0 Å². The van der Waals surface area contributed by atoms with Crippen LogP contribution in [0.5, 0.6) is 0 Å². The molecule has 2 aliphatic rings. The van der Waals surface area contributed by atoms with Crippen LogP contribution in [0.2, 0.25) is 0 Å². The molecule has 0 N–H and O–H groups in total. The van der Waals surface area contributed by atoms with Gasteiger partial charge in [0.1, 0.15) is 0 Å². The maximum atomic E-state index is 2.16. The second kappa shape index (κ2) is 4.61. The lowest BCUT2D eigenvalue weighted by Gasteiger charge is -1.91. The summed E-state index contributed by atoms with van der Waals surface area (Å²) in [5.41, 5.74) is 1.29. The van der Waals surface area contributed by atoms with E-state index in [0.717, 1.165) is 0 Å². The Hall–Kier alpha value is -1.82. The monoisotopic (exact) mass is 194 g/mol. The fourth-order valence-electron chi connectivity index (χ4n) is 1.64. The number of hydrogen-bond donors (Lipinski definition) is 0. The summed E-state index contributed by atoms with van der Waals surface area (Å²) < 4.78 is 0. The van der Waals surface area contributed by atoms with Crippen LogP contribution < -0.4 is 0 Å². The summed E-state index contributed by atoms with van der Waals surface area (Å²) in [7, 11) is 0. The van der Waals surface area contributed by atoms with Gasteiger partial charge in [0.2, 0.25) is 0 Å². The van der Waals surface area contributed by atoms with Gasteiger partial charge in [-0.15, -0.1) is 0 Å². The molecule has 2 rings (SSSR count). The van der Waals surface area contributed by atoms with Gasteiger partial charge in [-0.25, -0.2) is 0 Å². The zero-order chi connectivity index (χ0) is 10.5. The molecule has 0 saturated heterocycles. The molecule has 0 saturated carbocycles. The van der Waals surface area contributed by atoms with E-state index in [9.17, 15) is 0 Å². The molecule has 0 nitrogen and oxygen atoms in total. The van der Waals surface area contributed by atoms with Gasteiger partial charge >= 0.3 is 0 Å². The minimum absolute atomic E-state index is 1.26. The molecule has 0 atom stereocenters. The first-order chi connectivity index (χ1) is 7.38. The van der Waals surface area contributed by atoms with E-state index in [-0.39, 0.29) is 0 Å². The first-order valence-electron chi connectivity index (χ1n) is 5.15. The third-order valence-electron chi connectivity index (χ3n) is 2.45. The molecule has 0 radical (unpaired) electrons. The van der Waals surface area contributed by atoms with Crippen LogP contribution in [0.4, 0.5) is 0 Å². The van der Waals surface area contributed by atoms with Crippen molar-refractivity contribution in [3.8, 4) is 0 Å². The Kier molecular flexibility index (Phi) is 2.99. The molecule has 74 valence electrons. The molecule has 0 heterocycles. The molecule has 0 aromatic carbocycles. The largest absolute Gasteiger partial charge is 0.0622 e. The third-order valence-corrected chi connectivity index (χ3v) is 2.45. The van der Waals surface area contributed by atoms with Crippen LogP contribution in [0.3, 0.4) is 0 Å². The Labute approximate surface area is 90.2 Å². The number of hydrogen-bond acceptors (Lipinski definition) is 0. The summed E-state index contributed by atoms with van der Waals surface area (Å²) >= 11 is 0. The summed E-state index contributed by atoms with van der Waals surface area (Å²) in [6.45, 7) is 2.14. The first kappa shape index (κ1) is 9.72. The van der Waals surface area contributed by atoms with Gasteiger partial charge in [-0.2, -0.15) is 0 Å². The van der Waals surface area contributed by atoms with Gasteiger partial charge in [0.15, 0.2) is 0 Å². The molecule has 0 unspecified atom stereocenters. The summed E-state index contributed by atoms with van der Waals surface area (Å²) in [6.07, 6.45) is 0. The highest BCUT2D eigenvalue weighted by molar-refractivity contribution is 5.20. The van der Waals surface area contributed by atoms with Gasteiger partial charge in [-0.05, 0) is 22.9 Å². The van der Waals surface area contributed by atoms with E-state index >= 15 is 0 Å². The fourth-order valence-corrected chi connectivity index (χ4v) is 1.64. The lowest BCUT2D eigenvalue weighted by molar-refractivity contribution is 1.38. The number of aryl methyl sites for hydroxylation is 1. The molecule has 0 heteroatoms. The Balaban J connectivity index is 3.04. The predicted molar refractivity (Wildman–Crippen MR) is 64.1 cm³/mol. The van der Waals surface area contributed by atoms with Gasteiger partial charge in [0.05, 0.1) is 0 Å². The Bertz CT molecular complexity index is 541. The maximum absolute atomic E-state index is 2.16. The van der Waals surface area contributed by atoms with E-state index in [4.69, 9.17) is 0 Å². The van der Waals surface area contributed by atoms with Gasteiger partial charge in [-0.1, -0.05) is 66.7 Å². The SMILES string of the molecule is Cc1ccccc/c2cccccc/c1=2. The molecule has 0 aromatic heterocycles. The molecule has 0 aromatic rings. The molecule has 0 spiro atoms. The van der Waals surface area contributed by atoms with Gasteiger partial charge in [-0.3, -0.25) is 0 Å². The molecule has 2 aliphatic carbocycles. The van der Waals surface area contributed by atoms with E-state index in [0.29, 0.717) is 0 Å². The quantitative estimate of drug-likeness (QED) is 0.597. The average Bonchev–Trinajstić information content (AvgIpc) is 2.18. The smallest absolute Gasteiger partial charge is 0.0155 e. The minimum atomic E-state index is 1.26. The fraction of sp³-hybridized carbons (Fsp3) is 0.0667. The van der Waals surface area contributed by atoms with Crippen molar-refractivity contribution < 1.29 is 0 Å². The van der Waals surface area contributed by atoms with Crippen molar-refractivity contribution in [2.45, 2.75) is 6.92 Å². The van der Waals surface area contributed by atoms with Gasteiger partial charge in [0.25, 0.3) is 0 Å². The zero-order valence-corrected chi connectivity index (χ0v) is 8.85. The highest BCUT2D eigenvalue weighted by Gasteiger charge is 1.84. The molecular formula is C15H14. The number of rotatable bonds is 0. The molecule has 0 bridgehead atoms. The van der Waals surface area contributed by atoms with Crippen LogP contribution in [0.25, 0.3) is 0 Å². The van der Waals surface area contributed by atoms with Crippen molar-refractivity contribution in [1.29, 1.82) is 0 Å². The van der Waals surface area contributed by atoms with E-state index in [1.54, 1.807) is 0 Å². The van der Waals surface area contributed by atoms with Crippen LogP contribution >= 0.6 is 0 Å². The Morgan fingerprint density at radius 3 is 1.87 bits per heavy atom. The predicted octanol–water partition coefficient (Wildman–Crippen LogP) is 3.84. The van der Waals surface area contributed by atoms with Crippen LogP contribution in [-0.2, 0) is 0 Å². The van der Waals surface area contributed by atoms with Crippen molar-refractivity contribution in [3.63, 3.8) is 0 Å². The van der Waals surface area contributed by atoms with Crippen molar-refractivity contribution in [3.05, 3.63) is 82.7 Å². The van der Waals surface area contributed by atoms with Crippen molar-refractivity contribution in [1.82, 2.24) is 0 Å². The topological polar surface area (TPSA) is 0 Å². The molecule has 0 aliphatic heterocycles. The van der Waals surface area contributed by atoms with Crippen LogP contribution in [0.1, 0.15) is 5.56 Å². The standard InChI is InChI=1S/C15H14/c1-13-9-5-4-7-11-14-10-6-2-3-8-12-15(13)14/h2-12H,1H3/b3-2?,5-4?,6-2?,7-4?,8-3?,9-5?,10-6?,11-7?,12-8?,13-9?,14-10?,14-11?,15-12?,15-13?,15-14+. The molecule has 0 amide bonds. The Morgan fingerprint density at radius 1 is 0.600 bits per heavy atom. The highest BCUT2D eigenvalue weighted by Crippen LogP contribution is 2.01. The van der Waals surface area contributed by atoms with Crippen molar-refractivity contribution >= 4 is 0 Å². The second-order valence-electron chi connectivity index (χ2n) is 3.57. The van der Waals surface area contributed by atoms with Crippen LogP contribution in [-0.4, -0.2) is 0 Å². The van der Waals surface area contributed by atoms with Crippen molar-refractivity contribution in [2.75, 3.05) is 0 Å². The Morgan fingerprint density at radius 2 is 1.13 bits per heavy atom. The lowest BCUT2D eigenvalue weighted by atomic mass is 10.1. The highest BCUT2D eigenvalue weighted by atomic mass is 13.9. The van der Waals surface area contributed by atoms with Crippen LogP contribution in [0, 0.1) is 17.4 Å². The molecular weight excluding hydrogens is 180 g/mol. The summed E-state index contributed by atoms with van der Waals surface area (Å²) in [5, 5.41) is 2.55. The third kappa shape index (κ3) is 2.35. The molecule has 15 heavy (non-hydrogen) atoms. The van der Waals surface area contributed by atoms with Gasteiger partial charge < -0.3 is 0 Å². The average molecular weight is 194 g/mol. The van der Waals surface area contributed by atoms with Crippen LogP contribution in [0.15, 0.2) is 66.7 Å².